The van der Waals surface area contributed by atoms with Crippen LogP contribution in [0.3, 0.4) is 0 Å². The van der Waals surface area contributed by atoms with Gasteiger partial charge in [-0.05, 0) is 19.1 Å². The van der Waals surface area contributed by atoms with Crippen molar-refractivity contribution in [3.05, 3.63) is 41.3 Å². The molecule has 0 aliphatic carbocycles. The number of anilines is 2. The number of carbonyl (C=O) groups excluding carboxylic acids is 1. The predicted molar refractivity (Wildman–Crippen MR) is 75.5 cm³/mol. The number of nitrogen functional groups attached to an aromatic ring is 1. The van der Waals surface area contributed by atoms with Gasteiger partial charge >= 0.3 is 0 Å². The lowest BCUT2D eigenvalue weighted by Gasteiger charge is -2.10. The molecule has 0 fully saturated rings. The number of methoxy groups -OCH3 is 1. The molecule has 1 aromatic carbocycles. The summed E-state index contributed by atoms with van der Waals surface area (Å²) >= 11 is 0. The zero-order valence-electron chi connectivity index (χ0n) is 11.5. The average molecular weight is 291 g/mol. The standard InChI is InChI=1S/C13H14FN5O2/c1-7-6-10(21-2)17-13(16-7)18-12(20)8-4-3-5-9(14)11(8)19-15/h3-6,19H,15H2,1-2H3,(H,16,17,18,20). The van der Waals surface area contributed by atoms with Gasteiger partial charge < -0.3 is 10.2 Å². The van der Waals surface area contributed by atoms with Crippen LogP contribution in [0.4, 0.5) is 16.0 Å². The van der Waals surface area contributed by atoms with Crippen LogP contribution < -0.4 is 21.3 Å². The maximum absolute atomic E-state index is 13.6. The van der Waals surface area contributed by atoms with Gasteiger partial charge in [-0.2, -0.15) is 4.98 Å². The van der Waals surface area contributed by atoms with Gasteiger partial charge in [0.2, 0.25) is 11.8 Å². The van der Waals surface area contributed by atoms with Crippen molar-refractivity contribution in [3.8, 4) is 5.88 Å². The van der Waals surface area contributed by atoms with E-state index in [1.807, 2.05) is 0 Å². The largest absolute Gasteiger partial charge is 0.481 e. The number of nitrogens with zero attached hydrogens (tertiary/aromatic N) is 2. The average Bonchev–Trinajstić information content (AvgIpc) is 2.46. The first-order valence-electron chi connectivity index (χ1n) is 6.01. The van der Waals surface area contributed by atoms with E-state index in [4.69, 9.17) is 10.6 Å². The molecular formula is C13H14FN5O2. The van der Waals surface area contributed by atoms with Gasteiger partial charge in [0.25, 0.3) is 5.91 Å². The van der Waals surface area contributed by atoms with E-state index in [-0.39, 0.29) is 17.2 Å². The van der Waals surface area contributed by atoms with Crippen molar-refractivity contribution in [1.82, 2.24) is 9.97 Å². The molecule has 0 atom stereocenters. The molecule has 0 saturated carbocycles. The van der Waals surface area contributed by atoms with Gasteiger partial charge in [0, 0.05) is 11.8 Å². The van der Waals surface area contributed by atoms with Gasteiger partial charge in [-0.3, -0.25) is 16.0 Å². The second-order valence-corrected chi connectivity index (χ2v) is 4.14. The molecule has 1 heterocycles. The van der Waals surface area contributed by atoms with Crippen LogP contribution in [0.2, 0.25) is 0 Å². The Bertz CT molecular complexity index is 678. The van der Waals surface area contributed by atoms with Crippen molar-refractivity contribution in [1.29, 1.82) is 0 Å². The highest BCUT2D eigenvalue weighted by Gasteiger charge is 2.16. The van der Waals surface area contributed by atoms with E-state index in [1.54, 1.807) is 13.0 Å². The maximum Gasteiger partial charge on any atom is 0.260 e. The second-order valence-electron chi connectivity index (χ2n) is 4.14. The number of nitrogens with one attached hydrogen (secondary N) is 2. The van der Waals surface area contributed by atoms with E-state index in [9.17, 15) is 9.18 Å². The number of hydrogen-bond donors (Lipinski definition) is 3. The molecule has 7 nitrogen and oxygen atoms in total. The summed E-state index contributed by atoms with van der Waals surface area (Å²) in [6, 6.07) is 5.65. The number of ether oxygens (including phenoxy) is 1. The van der Waals surface area contributed by atoms with Crippen molar-refractivity contribution in [2.45, 2.75) is 6.92 Å². The summed E-state index contributed by atoms with van der Waals surface area (Å²) in [7, 11) is 1.45. The highest BCUT2D eigenvalue weighted by atomic mass is 19.1. The third kappa shape index (κ3) is 3.23. The first-order chi connectivity index (χ1) is 10.0. The lowest BCUT2D eigenvalue weighted by molar-refractivity contribution is 0.102. The van der Waals surface area contributed by atoms with Crippen LogP contribution >= 0.6 is 0 Å². The number of para-hydroxylation sites is 1. The predicted octanol–water partition coefficient (Wildman–Crippen LogP) is 1.47. The number of aromatic nitrogens is 2. The SMILES string of the molecule is COc1cc(C)nc(NC(=O)c2cccc(F)c2NN)n1. The molecule has 0 bridgehead atoms. The lowest BCUT2D eigenvalue weighted by Crippen LogP contribution is -2.19. The van der Waals surface area contributed by atoms with Crippen molar-refractivity contribution in [2.24, 2.45) is 5.84 Å². The number of nitrogens with two attached hydrogens (primary N) is 1. The molecular weight excluding hydrogens is 277 g/mol. The molecule has 110 valence electrons. The fourth-order valence-corrected chi connectivity index (χ4v) is 1.73. The summed E-state index contributed by atoms with van der Waals surface area (Å²) in [5, 5.41) is 2.47. The second kappa shape index (κ2) is 6.14. The number of halogens is 1. The van der Waals surface area contributed by atoms with Crippen LogP contribution in [0.5, 0.6) is 5.88 Å². The number of rotatable bonds is 4. The number of aryl methyl sites for hydroxylation is 1. The minimum absolute atomic E-state index is 0.0431. The highest BCUT2D eigenvalue weighted by Crippen LogP contribution is 2.20. The smallest absolute Gasteiger partial charge is 0.260 e. The van der Waals surface area contributed by atoms with E-state index in [0.717, 1.165) is 0 Å². The minimum Gasteiger partial charge on any atom is -0.481 e. The fourth-order valence-electron chi connectivity index (χ4n) is 1.73. The van der Waals surface area contributed by atoms with Crippen molar-refractivity contribution in [2.75, 3.05) is 17.9 Å². The molecule has 0 saturated heterocycles. The van der Waals surface area contributed by atoms with E-state index in [2.05, 4.69) is 20.7 Å². The Labute approximate surface area is 120 Å². The summed E-state index contributed by atoms with van der Waals surface area (Å²) in [6.07, 6.45) is 0. The summed E-state index contributed by atoms with van der Waals surface area (Å²) in [6.45, 7) is 1.73. The van der Waals surface area contributed by atoms with Gasteiger partial charge in [0.15, 0.2) is 0 Å². The van der Waals surface area contributed by atoms with Crippen LogP contribution in [0.25, 0.3) is 0 Å². The van der Waals surface area contributed by atoms with Crippen molar-refractivity contribution in [3.63, 3.8) is 0 Å². The molecule has 1 aromatic heterocycles. The Kier molecular flexibility index (Phi) is 4.29. The van der Waals surface area contributed by atoms with Gasteiger partial charge in [-0.15, -0.1) is 0 Å². The Morgan fingerprint density at radius 1 is 1.38 bits per heavy atom. The Morgan fingerprint density at radius 2 is 2.14 bits per heavy atom. The fraction of sp³-hybridized carbons (Fsp3) is 0.154. The summed E-state index contributed by atoms with van der Waals surface area (Å²) in [4.78, 5) is 20.2. The molecule has 2 aromatic rings. The normalized spacial score (nSPS) is 10.1. The van der Waals surface area contributed by atoms with Crippen LogP contribution in [-0.4, -0.2) is 23.0 Å². The number of hydrazine groups is 1. The Morgan fingerprint density at radius 3 is 2.81 bits per heavy atom. The molecule has 2 rings (SSSR count). The van der Waals surface area contributed by atoms with Crippen LogP contribution in [0.1, 0.15) is 16.1 Å². The molecule has 0 aliphatic rings. The van der Waals surface area contributed by atoms with Crippen LogP contribution in [0.15, 0.2) is 24.3 Å². The van der Waals surface area contributed by atoms with Crippen LogP contribution in [-0.2, 0) is 0 Å². The first kappa shape index (κ1) is 14.7. The zero-order valence-corrected chi connectivity index (χ0v) is 11.5. The van der Waals surface area contributed by atoms with E-state index in [1.165, 1.54) is 25.3 Å². The summed E-state index contributed by atoms with van der Waals surface area (Å²) < 4.78 is 18.6. The van der Waals surface area contributed by atoms with Gasteiger partial charge in [-0.25, -0.2) is 9.37 Å². The lowest BCUT2D eigenvalue weighted by atomic mass is 10.1. The number of benzene rings is 1. The molecule has 21 heavy (non-hydrogen) atoms. The van der Waals surface area contributed by atoms with Gasteiger partial charge in [0.05, 0.1) is 18.4 Å². The summed E-state index contributed by atoms with van der Waals surface area (Å²) in [5.41, 5.74) is 2.72. The minimum atomic E-state index is -0.632. The molecule has 1 amide bonds. The molecule has 8 heteroatoms. The maximum atomic E-state index is 13.6. The molecule has 0 unspecified atom stereocenters. The molecule has 0 spiro atoms. The Hall–Kier alpha value is -2.74. The molecule has 4 N–H and O–H groups in total. The quantitative estimate of drug-likeness (QED) is 0.582. The van der Waals surface area contributed by atoms with Crippen molar-refractivity contribution < 1.29 is 13.9 Å². The van der Waals surface area contributed by atoms with Crippen molar-refractivity contribution >= 4 is 17.5 Å². The topological polar surface area (TPSA) is 102 Å². The van der Waals surface area contributed by atoms with Gasteiger partial charge in [-0.1, -0.05) is 6.07 Å². The third-order valence-electron chi connectivity index (χ3n) is 2.67. The van der Waals surface area contributed by atoms with E-state index >= 15 is 0 Å². The zero-order chi connectivity index (χ0) is 15.4. The number of carbonyl (C=O) groups is 1. The van der Waals surface area contributed by atoms with Crippen LogP contribution in [0, 0.1) is 12.7 Å². The molecule has 0 aliphatic heterocycles. The first-order valence-corrected chi connectivity index (χ1v) is 6.01. The highest BCUT2D eigenvalue weighted by molar-refractivity contribution is 6.07. The monoisotopic (exact) mass is 291 g/mol. The van der Waals surface area contributed by atoms with E-state index < -0.39 is 11.7 Å². The van der Waals surface area contributed by atoms with Gasteiger partial charge in [0.1, 0.15) is 5.82 Å². The third-order valence-corrected chi connectivity index (χ3v) is 2.67. The Balaban J connectivity index is 2.30. The number of amides is 1. The number of hydrogen-bond acceptors (Lipinski definition) is 6. The summed E-state index contributed by atoms with van der Waals surface area (Å²) in [5.74, 6) is 4.39. The molecule has 0 radical (unpaired) electrons. The van der Waals surface area contributed by atoms with E-state index in [0.29, 0.717) is 11.6 Å².